The molecule has 3 heteroatoms. The maximum Gasteiger partial charge on any atom is 0.331 e. The van der Waals surface area contributed by atoms with Crippen LogP contribution in [0.1, 0.15) is 18.1 Å². The van der Waals surface area contributed by atoms with Gasteiger partial charge in [-0.05, 0) is 37.1 Å². The fraction of sp³-hybridized carbons (Fsp3) is 0.200. The lowest BCUT2D eigenvalue weighted by molar-refractivity contribution is -0.132. The monoisotopic (exact) mass is 177 g/mol. The van der Waals surface area contributed by atoms with E-state index in [1.54, 1.807) is 25.4 Å². The van der Waals surface area contributed by atoms with E-state index in [4.69, 9.17) is 5.11 Å². The molecule has 0 fully saturated rings. The van der Waals surface area contributed by atoms with E-state index in [1.165, 1.54) is 0 Å². The summed E-state index contributed by atoms with van der Waals surface area (Å²) in [5.41, 5.74) is 2.19. The maximum absolute atomic E-state index is 10.5. The zero-order chi connectivity index (χ0) is 9.84. The summed E-state index contributed by atoms with van der Waals surface area (Å²) in [7, 11) is 0. The molecule has 0 aliphatic heterocycles. The first-order chi connectivity index (χ1) is 6.11. The Balaban J connectivity index is 3.04. The number of aryl methyl sites for hydroxylation is 1. The Bertz CT molecular complexity index is 356. The van der Waals surface area contributed by atoms with Gasteiger partial charge in [0.2, 0.25) is 0 Å². The van der Waals surface area contributed by atoms with E-state index in [9.17, 15) is 4.79 Å². The quantitative estimate of drug-likeness (QED) is 0.701. The number of aliphatic carboxylic acids is 1. The van der Waals surface area contributed by atoms with Crippen LogP contribution < -0.4 is 0 Å². The van der Waals surface area contributed by atoms with Crippen LogP contribution in [0.15, 0.2) is 24.0 Å². The Morgan fingerprint density at radius 1 is 1.62 bits per heavy atom. The van der Waals surface area contributed by atoms with Crippen molar-refractivity contribution in [1.82, 2.24) is 4.98 Å². The molecular formula is C10H11NO2. The Labute approximate surface area is 76.7 Å². The van der Waals surface area contributed by atoms with Crippen LogP contribution in [0, 0.1) is 6.92 Å². The van der Waals surface area contributed by atoms with Gasteiger partial charge in [-0.3, -0.25) is 4.98 Å². The van der Waals surface area contributed by atoms with Gasteiger partial charge in [0.05, 0.1) is 0 Å². The molecule has 1 rings (SSSR count). The number of hydrogen-bond acceptors (Lipinski definition) is 2. The number of carboxylic acids is 1. The highest BCUT2D eigenvalue weighted by Crippen LogP contribution is 2.10. The predicted octanol–water partition coefficient (Wildman–Crippen LogP) is 1.88. The van der Waals surface area contributed by atoms with Crippen LogP contribution in [-0.4, -0.2) is 16.1 Å². The molecule has 3 nitrogen and oxygen atoms in total. The van der Waals surface area contributed by atoms with Gasteiger partial charge in [0.1, 0.15) is 0 Å². The van der Waals surface area contributed by atoms with Crippen LogP contribution in [0.5, 0.6) is 0 Å². The minimum absolute atomic E-state index is 0.316. The van der Waals surface area contributed by atoms with Crippen LogP contribution in [0.4, 0.5) is 0 Å². The third kappa shape index (κ3) is 2.40. The summed E-state index contributed by atoms with van der Waals surface area (Å²) in [6.07, 6.45) is 4.95. The first kappa shape index (κ1) is 9.45. The van der Waals surface area contributed by atoms with Crippen LogP contribution >= 0.6 is 0 Å². The highest BCUT2D eigenvalue weighted by molar-refractivity contribution is 5.91. The van der Waals surface area contributed by atoms with Crippen LogP contribution in [0.25, 0.3) is 6.08 Å². The Morgan fingerprint density at radius 3 is 2.85 bits per heavy atom. The van der Waals surface area contributed by atoms with Gasteiger partial charge in [-0.1, -0.05) is 0 Å². The topological polar surface area (TPSA) is 50.2 Å². The van der Waals surface area contributed by atoms with Gasteiger partial charge in [0, 0.05) is 18.0 Å². The third-order valence-electron chi connectivity index (χ3n) is 1.79. The van der Waals surface area contributed by atoms with E-state index in [-0.39, 0.29) is 0 Å². The Morgan fingerprint density at radius 2 is 2.31 bits per heavy atom. The smallest absolute Gasteiger partial charge is 0.331 e. The SMILES string of the molecule is C/C(=C/c1cnccc1C)C(=O)O. The second-order valence-electron chi connectivity index (χ2n) is 2.86. The molecule has 0 atom stereocenters. The molecule has 0 aliphatic carbocycles. The van der Waals surface area contributed by atoms with Crippen LogP contribution in [0.3, 0.4) is 0 Å². The molecule has 1 aromatic rings. The van der Waals surface area contributed by atoms with Crippen molar-refractivity contribution >= 4 is 12.0 Å². The van der Waals surface area contributed by atoms with Gasteiger partial charge in [0.15, 0.2) is 0 Å². The minimum Gasteiger partial charge on any atom is -0.478 e. The molecule has 1 aromatic heterocycles. The summed E-state index contributed by atoms with van der Waals surface area (Å²) < 4.78 is 0. The predicted molar refractivity (Wildman–Crippen MR) is 50.3 cm³/mol. The summed E-state index contributed by atoms with van der Waals surface area (Å²) in [4.78, 5) is 14.4. The van der Waals surface area contributed by atoms with Crippen molar-refractivity contribution in [1.29, 1.82) is 0 Å². The summed E-state index contributed by atoms with van der Waals surface area (Å²) in [6, 6.07) is 1.85. The molecule has 0 saturated heterocycles. The highest BCUT2D eigenvalue weighted by Gasteiger charge is 2.00. The first-order valence-electron chi connectivity index (χ1n) is 3.93. The summed E-state index contributed by atoms with van der Waals surface area (Å²) >= 11 is 0. The molecule has 1 heterocycles. The minimum atomic E-state index is -0.900. The first-order valence-corrected chi connectivity index (χ1v) is 3.93. The number of carboxylic acid groups (broad SMARTS) is 1. The van der Waals surface area contributed by atoms with Crippen molar-refractivity contribution < 1.29 is 9.90 Å². The molecule has 0 saturated carbocycles. The van der Waals surface area contributed by atoms with E-state index >= 15 is 0 Å². The van der Waals surface area contributed by atoms with E-state index in [2.05, 4.69) is 4.98 Å². The number of nitrogens with zero attached hydrogens (tertiary/aromatic N) is 1. The molecule has 0 spiro atoms. The largest absolute Gasteiger partial charge is 0.478 e. The van der Waals surface area contributed by atoms with E-state index in [1.807, 2.05) is 13.0 Å². The van der Waals surface area contributed by atoms with E-state index in [0.717, 1.165) is 11.1 Å². The molecule has 0 bridgehead atoms. The van der Waals surface area contributed by atoms with Crippen molar-refractivity contribution in [2.45, 2.75) is 13.8 Å². The van der Waals surface area contributed by atoms with Crippen molar-refractivity contribution in [2.75, 3.05) is 0 Å². The second-order valence-corrected chi connectivity index (χ2v) is 2.86. The van der Waals surface area contributed by atoms with Gasteiger partial charge in [0.25, 0.3) is 0 Å². The molecular weight excluding hydrogens is 166 g/mol. The van der Waals surface area contributed by atoms with Crippen molar-refractivity contribution in [3.05, 3.63) is 35.2 Å². The fourth-order valence-corrected chi connectivity index (χ4v) is 0.922. The number of pyridine rings is 1. The second kappa shape index (κ2) is 3.85. The highest BCUT2D eigenvalue weighted by atomic mass is 16.4. The average Bonchev–Trinajstić information content (AvgIpc) is 2.08. The molecule has 0 amide bonds. The van der Waals surface area contributed by atoms with Crippen LogP contribution in [-0.2, 0) is 4.79 Å². The fourth-order valence-electron chi connectivity index (χ4n) is 0.922. The van der Waals surface area contributed by atoms with Crippen molar-refractivity contribution in [3.63, 3.8) is 0 Å². The van der Waals surface area contributed by atoms with Gasteiger partial charge in [-0.25, -0.2) is 4.79 Å². The zero-order valence-electron chi connectivity index (χ0n) is 7.61. The lowest BCUT2D eigenvalue weighted by Gasteiger charge is -1.98. The van der Waals surface area contributed by atoms with Crippen molar-refractivity contribution in [2.24, 2.45) is 0 Å². The number of hydrogen-bond donors (Lipinski definition) is 1. The van der Waals surface area contributed by atoms with Crippen LogP contribution in [0.2, 0.25) is 0 Å². The zero-order valence-corrected chi connectivity index (χ0v) is 7.61. The van der Waals surface area contributed by atoms with Gasteiger partial charge in [-0.15, -0.1) is 0 Å². The molecule has 13 heavy (non-hydrogen) atoms. The normalized spacial score (nSPS) is 11.4. The molecule has 0 radical (unpaired) electrons. The average molecular weight is 177 g/mol. The Hall–Kier alpha value is -1.64. The molecule has 0 unspecified atom stereocenters. The Kier molecular flexibility index (Phi) is 2.80. The number of carbonyl (C=O) groups is 1. The van der Waals surface area contributed by atoms with Gasteiger partial charge < -0.3 is 5.11 Å². The van der Waals surface area contributed by atoms with E-state index in [0.29, 0.717) is 5.57 Å². The summed E-state index contributed by atoms with van der Waals surface area (Å²) in [5.74, 6) is -0.900. The summed E-state index contributed by atoms with van der Waals surface area (Å²) in [6.45, 7) is 3.48. The number of aromatic nitrogens is 1. The lowest BCUT2D eigenvalue weighted by Crippen LogP contribution is -1.96. The standard InChI is InChI=1S/C10H11NO2/c1-7-3-4-11-6-9(7)5-8(2)10(12)13/h3-6H,1-2H3,(H,12,13)/b8-5-. The molecule has 1 N–H and O–H groups in total. The maximum atomic E-state index is 10.5. The number of rotatable bonds is 2. The van der Waals surface area contributed by atoms with E-state index < -0.39 is 5.97 Å². The van der Waals surface area contributed by atoms with Crippen molar-refractivity contribution in [3.8, 4) is 0 Å². The molecule has 68 valence electrons. The molecule has 0 aromatic carbocycles. The molecule has 0 aliphatic rings. The lowest BCUT2D eigenvalue weighted by atomic mass is 10.1. The van der Waals surface area contributed by atoms with Gasteiger partial charge >= 0.3 is 5.97 Å². The van der Waals surface area contributed by atoms with Gasteiger partial charge in [-0.2, -0.15) is 0 Å². The summed E-state index contributed by atoms with van der Waals surface area (Å²) in [5, 5.41) is 8.65. The third-order valence-corrected chi connectivity index (χ3v) is 1.79.